The van der Waals surface area contributed by atoms with Gasteiger partial charge in [-0.1, -0.05) is 0 Å². The quantitative estimate of drug-likeness (QED) is 0.690. The van der Waals surface area contributed by atoms with E-state index in [4.69, 9.17) is 16.3 Å². The van der Waals surface area contributed by atoms with Gasteiger partial charge in [0.1, 0.15) is 5.82 Å². The van der Waals surface area contributed by atoms with E-state index in [1.807, 2.05) is 0 Å². The predicted molar refractivity (Wildman–Crippen MR) is 57.4 cm³/mol. The minimum Gasteiger partial charge on any atom is -0.381 e. The van der Waals surface area contributed by atoms with E-state index in [1.54, 1.807) is 6.20 Å². The van der Waals surface area contributed by atoms with E-state index in [0.717, 1.165) is 5.56 Å². The molecule has 1 saturated heterocycles. The van der Waals surface area contributed by atoms with Crippen LogP contribution in [-0.4, -0.2) is 29.1 Å². The van der Waals surface area contributed by atoms with Crippen LogP contribution in [-0.2, 0) is 14.9 Å². The molecule has 6 heteroatoms. The van der Waals surface area contributed by atoms with Crippen molar-refractivity contribution in [3.8, 4) is 0 Å². The van der Waals surface area contributed by atoms with Gasteiger partial charge in [0.2, 0.25) is 11.2 Å². The van der Waals surface area contributed by atoms with Gasteiger partial charge in [0.05, 0.1) is 5.41 Å². The Morgan fingerprint density at radius 3 is 2.94 bits per heavy atom. The SMILES string of the molecule is O=C1Nc2nc(Cl)ncc2C12CCOCC2. The van der Waals surface area contributed by atoms with Gasteiger partial charge >= 0.3 is 0 Å². The Hall–Kier alpha value is -1.20. The highest BCUT2D eigenvalue weighted by Crippen LogP contribution is 2.43. The number of aromatic nitrogens is 2. The Balaban J connectivity index is 2.11. The van der Waals surface area contributed by atoms with Crippen LogP contribution in [0.1, 0.15) is 18.4 Å². The second kappa shape index (κ2) is 3.40. The molecule has 2 aliphatic heterocycles. The van der Waals surface area contributed by atoms with Crippen molar-refractivity contribution in [1.82, 2.24) is 9.97 Å². The van der Waals surface area contributed by atoms with Gasteiger partial charge in [-0.2, -0.15) is 0 Å². The first-order valence-corrected chi connectivity index (χ1v) is 5.52. The molecule has 1 fully saturated rings. The lowest BCUT2D eigenvalue weighted by atomic mass is 9.76. The highest BCUT2D eigenvalue weighted by Gasteiger charge is 2.48. The highest BCUT2D eigenvalue weighted by atomic mass is 35.5. The van der Waals surface area contributed by atoms with Crippen LogP contribution >= 0.6 is 11.6 Å². The molecule has 5 nitrogen and oxygen atoms in total. The highest BCUT2D eigenvalue weighted by molar-refractivity contribution is 6.28. The number of amides is 1. The van der Waals surface area contributed by atoms with Gasteiger partial charge < -0.3 is 10.1 Å². The monoisotopic (exact) mass is 239 g/mol. The van der Waals surface area contributed by atoms with Crippen molar-refractivity contribution in [2.24, 2.45) is 0 Å². The molecule has 0 bridgehead atoms. The smallest absolute Gasteiger partial charge is 0.236 e. The van der Waals surface area contributed by atoms with Crippen LogP contribution in [0.2, 0.25) is 5.28 Å². The third-order valence-corrected chi connectivity index (χ3v) is 3.47. The van der Waals surface area contributed by atoms with E-state index in [-0.39, 0.29) is 11.2 Å². The normalized spacial score (nSPS) is 21.9. The summed E-state index contributed by atoms with van der Waals surface area (Å²) in [5, 5.41) is 2.92. The van der Waals surface area contributed by atoms with Crippen molar-refractivity contribution in [2.45, 2.75) is 18.3 Å². The minimum absolute atomic E-state index is 0.0117. The number of carbonyl (C=O) groups excluding carboxylic acids is 1. The average Bonchev–Trinajstić information content (AvgIpc) is 2.53. The summed E-state index contributed by atoms with van der Waals surface area (Å²) in [5.74, 6) is 0.536. The number of hydrogen-bond donors (Lipinski definition) is 1. The summed E-state index contributed by atoms with van der Waals surface area (Å²) in [6.45, 7) is 1.19. The number of hydrogen-bond acceptors (Lipinski definition) is 4. The maximum Gasteiger partial charge on any atom is 0.236 e. The van der Waals surface area contributed by atoms with E-state index in [0.29, 0.717) is 31.9 Å². The molecule has 1 amide bonds. The fraction of sp³-hybridized carbons (Fsp3) is 0.500. The predicted octanol–water partition coefficient (Wildman–Crippen LogP) is 1.13. The first-order valence-electron chi connectivity index (χ1n) is 5.15. The molecule has 0 aliphatic carbocycles. The molecular weight excluding hydrogens is 230 g/mol. The molecule has 84 valence electrons. The second-order valence-corrected chi connectivity index (χ2v) is 4.39. The molecule has 2 aliphatic rings. The number of anilines is 1. The van der Waals surface area contributed by atoms with Crippen molar-refractivity contribution in [1.29, 1.82) is 0 Å². The zero-order chi connectivity index (χ0) is 11.2. The molecule has 1 aromatic rings. The number of ether oxygens (including phenoxy) is 1. The van der Waals surface area contributed by atoms with Crippen LogP contribution in [0.3, 0.4) is 0 Å². The van der Waals surface area contributed by atoms with Gasteiger partial charge in [0.25, 0.3) is 0 Å². The van der Waals surface area contributed by atoms with Crippen LogP contribution in [0, 0.1) is 0 Å². The molecule has 3 rings (SSSR count). The van der Waals surface area contributed by atoms with Crippen LogP contribution in [0.4, 0.5) is 5.82 Å². The molecule has 1 spiro atoms. The van der Waals surface area contributed by atoms with Gasteiger partial charge in [0.15, 0.2) is 0 Å². The largest absolute Gasteiger partial charge is 0.381 e. The Morgan fingerprint density at radius 1 is 1.44 bits per heavy atom. The van der Waals surface area contributed by atoms with Gasteiger partial charge in [0, 0.05) is 25.0 Å². The van der Waals surface area contributed by atoms with Crippen LogP contribution < -0.4 is 5.32 Å². The molecule has 1 N–H and O–H groups in total. The van der Waals surface area contributed by atoms with E-state index < -0.39 is 5.41 Å². The van der Waals surface area contributed by atoms with Crippen LogP contribution in [0.25, 0.3) is 0 Å². The number of fused-ring (bicyclic) bond motifs is 2. The first-order chi connectivity index (χ1) is 7.72. The third-order valence-electron chi connectivity index (χ3n) is 3.29. The number of nitrogens with one attached hydrogen (secondary N) is 1. The summed E-state index contributed by atoms with van der Waals surface area (Å²) < 4.78 is 5.30. The third kappa shape index (κ3) is 1.25. The topological polar surface area (TPSA) is 64.1 Å². The molecule has 0 saturated carbocycles. The van der Waals surface area contributed by atoms with Crippen molar-refractivity contribution in [3.63, 3.8) is 0 Å². The summed E-state index contributed by atoms with van der Waals surface area (Å²) >= 11 is 5.70. The van der Waals surface area contributed by atoms with Crippen molar-refractivity contribution >= 4 is 23.3 Å². The Kier molecular flexibility index (Phi) is 2.12. The Bertz CT molecular complexity index is 457. The zero-order valence-corrected chi connectivity index (χ0v) is 9.25. The van der Waals surface area contributed by atoms with E-state index in [9.17, 15) is 4.79 Å². The maximum atomic E-state index is 12.0. The second-order valence-electron chi connectivity index (χ2n) is 4.05. The van der Waals surface area contributed by atoms with E-state index in [1.165, 1.54) is 0 Å². The molecule has 0 unspecified atom stereocenters. The summed E-state index contributed by atoms with van der Waals surface area (Å²) in [6, 6.07) is 0. The molecular formula is C10H10ClN3O2. The summed E-state index contributed by atoms with van der Waals surface area (Å²) in [4.78, 5) is 20.0. The molecule has 0 radical (unpaired) electrons. The van der Waals surface area contributed by atoms with Gasteiger partial charge in [-0.05, 0) is 24.4 Å². The number of rotatable bonds is 0. The fourth-order valence-electron chi connectivity index (χ4n) is 2.37. The van der Waals surface area contributed by atoms with Gasteiger partial charge in [-0.15, -0.1) is 0 Å². The van der Waals surface area contributed by atoms with Crippen molar-refractivity contribution in [3.05, 3.63) is 17.0 Å². The lowest BCUT2D eigenvalue weighted by Crippen LogP contribution is -2.40. The Labute approximate surface area is 97.2 Å². The molecule has 0 atom stereocenters. The summed E-state index contributed by atoms with van der Waals surface area (Å²) in [7, 11) is 0. The molecule has 0 aromatic carbocycles. The van der Waals surface area contributed by atoms with E-state index in [2.05, 4.69) is 15.3 Å². The van der Waals surface area contributed by atoms with Crippen molar-refractivity contribution in [2.75, 3.05) is 18.5 Å². The lowest BCUT2D eigenvalue weighted by molar-refractivity contribution is -0.124. The van der Waals surface area contributed by atoms with Crippen LogP contribution in [0.5, 0.6) is 0 Å². The maximum absolute atomic E-state index is 12.0. The average molecular weight is 240 g/mol. The standard InChI is InChI=1S/C10H10ClN3O2/c11-9-12-5-6-7(14-9)13-8(15)10(6)1-3-16-4-2-10/h5H,1-4H2,(H,12,13,14,15). The zero-order valence-electron chi connectivity index (χ0n) is 8.49. The fourth-order valence-corrected chi connectivity index (χ4v) is 2.50. The minimum atomic E-state index is -0.502. The van der Waals surface area contributed by atoms with Gasteiger partial charge in [-0.3, -0.25) is 4.79 Å². The van der Waals surface area contributed by atoms with Crippen LogP contribution in [0.15, 0.2) is 6.20 Å². The molecule has 16 heavy (non-hydrogen) atoms. The number of nitrogens with zero attached hydrogens (tertiary/aromatic N) is 2. The lowest BCUT2D eigenvalue weighted by Gasteiger charge is -2.30. The summed E-state index contributed by atoms with van der Waals surface area (Å²) in [6.07, 6.45) is 3.00. The first kappa shape index (κ1) is 9.99. The summed E-state index contributed by atoms with van der Waals surface area (Å²) in [5.41, 5.74) is 0.350. The van der Waals surface area contributed by atoms with Gasteiger partial charge in [-0.25, -0.2) is 9.97 Å². The molecule has 3 heterocycles. The van der Waals surface area contributed by atoms with E-state index >= 15 is 0 Å². The Morgan fingerprint density at radius 2 is 2.19 bits per heavy atom. The number of carbonyl (C=O) groups is 1. The van der Waals surface area contributed by atoms with Crippen molar-refractivity contribution < 1.29 is 9.53 Å². The molecule has 1 aromatic heterocycles. The number of halogens is 1.